The van der Waals surface area contributed by atoms with Gasteiger partial charge >= 0.3 is 0 Å². The van der Waals surface area contributed by atoms with Crippen molar-refractivity contribution >= 4 is 23.0 Å². The van der Waals surface area contributed by atoms with E-state index in [-0.39, 0.29) is 11.9 Å². The first-order valence-corrected chi connectivity index (χ1v) is 8.30. The third-order valence-electron chi connectivity index (χ3n) is 4.61. The van der Waals surface area contributed by atoms with Crippen LogP contribution in [-0.2, 0) is 6.42 Å². The van der Waals surface area contributed by atoms with Gasteiger partial charge in [0.15, 0.2) is 5.11 Å². The Labute approximate surface area is 145 Å². The van der Waals surface area contributed by atoms with E-state index in [1.54, 1.807) is 19.2 Å². The minimum Gasteiger partial charge on any atom is -0.497 e. The van der Waals surface area contributed by atoms with E-state index in [9.17, 15) is 4.39 Å². The molecule has 0 saturated heterocycles. The maximum atomic E-state index is 13.7. The Balaban J connectivity index is 1.83. The van der Waals surface area contributed by atoms with Crippen molar-refractivity contribution in [3.63, 3.8) is 0 Å². The predicted octanol–water partition coefficient (Wildman–Crippen LogP) is 3.71. The van der Waals surface area contributed by atoms with Crippen molar-refractivity contribution in [2.75, 3.05) is 7.11 Å². The molecular formula is C19H17FN2OS. The quantitative estimate of drug-likeness (QED) is 0.817. The van der Waals surface area contributed by atoms with Crippen LogP contribution in [0, 0.1) is 5.82 Å². The van der Waals surface area contributed by atoms with E-state index in [0.717, 1.165) is 35.4 Å². The van der Waals surface area contributed by atoms with Crippen LogP contribution >= 0.6 is 12.2 Å². The summed E-state index contributed by atoms with van der Waals surface area (Å²) in [6, 6.07) is 12.7. The fourth-order valence-electron chi connectivity index (χ4n) is 3.49. The molecule has 4 rings (SSSR count). The lowest BCUT2D eigenvalue weighted by atomic mass is 9.83. The number of halogens is 1. The van der Waals surface area contributed by atoms with Gasteiger partial charge in [-0.05, 0) is 72.1 Å². The van der Waals surface area contributed by atoms with E-state index in [2.05, 4.69) is 22.8 Å². The number of benzene rings is 2. The van der Waals surface area contributed by atoms with E-state index in [0.29, 0.717) is 5.11 Å². The number of thiocarbonyl (C=S) groups is 1. The minimum absolute atomic E-state index is 0.0975. The first-order valence-electron chi connectivity index (χ1n) is 7.89. The summed E-state index contributed by atoms with van der Waals surface area (Å²) in [5, 5.41) is 7.14. The molecule has 2 aliphatic rings. The largest absolute Gasteiger partial charge is 0.497 e. The van der Waals surface area contributed by atoms with Crippen molar-refractivity contribution in [2.24, 2.45) is 0 Å². The lowest BCUT2D eigenvalue weighted by molar-refractivity contribution is 0.414. The zero-order valence-corrected chi connectivity index (χ0v) is 14.0. The van der Waals surface area contributed by atoms with Crippen molar-refractivity contribution in [3.8, 4) is 5.75 Å². The van der Waals surface area contributed by atoms with Crippen LogP contribution in [0.1, 0.15) is 29.2 Å². The minimum atomic E-state index is -0.234. The monoisotopic (exact) mass is 340 g/mol. The number of hydrogen-bond acceptors (Lipinski definition) is 2. The number of fused-ring (bicyclic) bond motifs is 2. The average Bonchev–Trinajstić information content (AvgIpc) is 2.60. The maximum absolute atomic E-state index is 13.7. The van der Waals surface area contributed by atoms with Gasteiger partial charge in [-0.3, -0.25) is 0 Å². The second kappa shape index (κ2) is 5.91. The van der Waals surface area contributed by atoms with Crippen LogP contribution in [-0.4, -0.2) is 12.2 Å². The standard InChI is InChI=1S/C19H17FN2OS/c1-23-14-6-8-15-11(10-14)5-7-16-17(21-19(24)22-18(15)16)12-3-2-4-13(20)9-12/h2-4,6,8-10,17H,5,7H2,1H3,(H2,21,22,24)/t17-/m0/s1. The lowest BCUT2D eigenvalue weighted by Gasteiger charge is -2.35. The molecule has 2 N–H and O–H groups in total. The summed E-state index contributed by atoms with van der Waals surface area (Å²) in [5.74, 6) is 0.623. The first-order chi connectivity index (χ1) is 11.7. The van der Waals surface area contributed by atoms with Crippen LogP contribution < -0.4 is 15.4 Å². The molecule has 0 fully saturated rings. The second-order valence-corrected chi connectivity index (χ2v) is 6.42. The summed E-state index contributed by atoms with van der Waals surface area (Å²) in [7, 11) is 1.67. The molecule has 0 spiro atoms. The molecule has 2 aromatic rings. The highest BCUT2D eigenvalue weighted by Gasteiger charge is 2.31. The Hall–Kier alpha value is -2.40. The molecule has 1 aliphatic heterocycles. The van der Waals surface area contributed by atoms with Crippen LogP contribution in [0.2, 0.25) is 0 Å². The van der Waals surface area contributed by atoms with Crippen LogP contribution in [0.25, 0.3) is 5.70 Å². The molecule has 122 valence electrons. The normalized spacial score (nSPS) is 19.1. The van der Waals surface area contributed by atoms with Gasteiger partial charge in [-0.1, -0.05) is 12.1 Å². The Morgan fingerprint density at radius 2 is 2.04 bits per heavy atom. The van der Waals surface area contributed by atoms with Gasteiger partial charge in [0.2, 0.25) is 0 Å². The van der Waals surface area contributed by atoms with E-state index in [1.807, 2.05) is 12.1 Å². The van der Waals surface area contributed by atoms with Gasteiger partial charge in [0.25, 0.3) is 0 Å². The number of aryl methyl sites for hydroxylation is 1. The van der Waals surface area contributed by atoms with E-state index < -0.39 is 0 Å². The Bertz CT molecular complexity index is 862. The summed E-state index contributed by atoms with van der Waals surface area (Å²) < 4.78 is 19.0. The summed E-state index contributed by atoms with van der Waals surface area (Å²) >= 11 is 5.39. The summed E-state index contributed by atoms with van der Waals surface area (Å²) in [6.07, 6.45) is 1.81. The highest BCUT2D eigenvalue weighted by atomic mass is 32.1. The molecule has 0 radical (unpaired) electrons. The topological polar surface area (TPSA) is 33.3 Å². The molecule has 1 heterocycles. The van der Waals surface area contributed by atoms with Crippen molar-refractivity contribution < 1.29 is 9.13 Å². The summed E-state index contributed by atoms with van der Waals surface area (Å²) in [5.41, 5.74) is 5.53. The van der Waals surface area contributed by atoms with Gasteiger partial charge in [-0.2, -0.15) is 0 Å². The van der Waals surface area contributed by atoms with Crippen molar-refractivity contribution in [1.29, 1.82) is 0 Å². The average molecular weight is 340 g/mol. The molecule has 3 nitrogen and oxygen atoms in total. The molecule has 0 amide bonds. The number of nitrogens with one attached hydrogen (secondary N) is 2. The van der Waals surface area contributed by atoms with Gasteiger partial charge in [0, 0.05) is 11.3 Å². The molecule has 1 atom stereocenters. The van der Waals surface area contributed by atoms with Crippen LogP contribution in [0.4, 0.5) is 4.39 Å². The number of rotatable bonds is 2. The fourth-order valence-corrected chi connectivity index (χ4v) is 3.71. The molecule has 0 saturated carbocycles. The van der Waals surface area contributed by atoms with Gasteiger partial charge in [0.05, 0.1) is 13.2 Å². The molecular weight excluding hydrogens is 323 g/mol. The van der Waals surface area contributed by atoms with E-state index in [1.165, 1.54) is 17.2 Å². The van der Waals surface area contributed by atoms with Crippen molar-refractivity contribution in [1.82, 2.24) is 10.6 Å². The fraction of sp³-hybridized carbons (Fsp3) is 0.211. The zero-order chi connectivity index (χ0) is 16.7. The molecule has 24 heavy (non-hydrogen) atoms. The lowest BCUT2D eigenvalue weighted by Crippen LogP contribution is -2.44. The zero-order valence-electron chi connectivity index (χ0n) is 13.2. The third kappa shape index (κ3) is 2.55. The predicted molar refractivity (Wildman–Crippen MR) is 96.2 cm³/mol. The number of methoxy groups -OCH3 is 1. The Morgan fingerprint density at radius 1 is 1.17 bits per heavy atom. The van der Waals surface area contributed by atoms with Gasteiger partial charge in [-0.15, -0.1) is 0 Å². The second-order valence-electron chi connectivity index (χ2n) is 6.01. The van der Waals surface area contributed by atoms with Crippen molar-refractivity contribution in [2.45, 2.75) is 18.9 Å². The molecule has 0 unspecified atom stereocenters. The van der Waals surface area contributed by atoms with Crippen molar-refractivity contribution in [3.05, 3.63) is 70.5 Å². The molecule has 0 aromatic heterocycles. The first kappa shape index (κ1) is 15.1. The van der Waals surface area contributed by atoms with E-state index in [4.69, 9.17) is 17.0 Å². The molecule has 2 aromatic carbocycles. The van der Waals surface area contributed by atoms with Crippen LogP contribution in [0.3, 0.4) is 0 Å². The molecule has 0 bridgehead atoms. The molecule has 5 heteroatoms. The summed E-state index contributed by atoms with van der Waals surface area (Å²) in [6.45, 7) is 0. The van der Waals surface area contributed by atoms with Gasteiger partial charge < -0.3 is 15.4 Å². The Morgan fingerprint density at radius 3 is 2.83 bits per heavy atom. The number of ether oxygens (including phenoxy) is 1. The highest BCUT2D eigenvalue weighted by molar-refractivity contribution is 7.80. The SMILES string of the molecule is COc1ccc2c(c1)CCC1=C2NC(=S)N[C@H]1c1cccc(F)c1. The highest BCUT2D eigenvalue weighted by Crippen LogP contribution is 2.39. The Kier molecular flexibility index (Phi) is 3.73. The molecule has 1 aliphatic carbocycles. The van der Waals surface area contributed by atoms with E-state index >= 15 is 0 Å². The third-order valence-corrected chi connectivity index (χ3v) is 4.83. The summed E-state index contributed by atoms with van der Waals surface area (Å²) in [4.78, 5) is 0. The maximum Gasteiger partial charge on any atom is 0.171 e. The van der Waals surface area contributed by atoms with Gasteiger partial charge in [-0.25, -0.2) is 4.39 Å². The smallest absolute Gasteiger partial charge is 0.171 e. The van der Waals surface area contributed by atoms with Gasteiger partial charge in [0.1, 0.15) is 11.6 Å². The number of hydrogen-bond donors (Lipinski definition) is 2. The van der Waals surface area contributed by atoms with Crippen LogP contribution in [0.5, 0.6) is 5.75 Å². The van der Waals surface area contributed by atoms with Crippen LogP contribution in [0.15, 0.2) is 48.0 Å².